The highest BCUT2D eigenvalue weighted by atomic mass is 35.7. The summed E-state index contributed by atoms with van der Waals surface area (Å²) in [5.41, 5.74) is 0.218. The quantitative estimate of drug-likeness (QED) is 0.841. The lowest BCUT2D eigenvalue weighted by Crippen LogP contribution is -2.02. The second kappa shape index (κ2) is 4.39. The van der Waals surface area contributed by atoms with Gasteiger partial charge >= 0.3 is 5.97 Å². The van der Waals surface area contributed by atoms with Crippen molar-refractivity contribution in [1.29, 1.82) is 0 Å². The molecule has 1 aromatic heterocycles. The minimum atomic E-state index is -3.78. The third-order valence-corrected chi connectivity index (χ3v) is 3.43. The van der Waals surface area contributed by atoms with Crippen molar-refractivity contribution in [2.75, 3.05) is 0 Å². The van der Waals surface area contributed by atoms with Gasteiger partial charge in [0.2, 0.25) is 0 Å². The molecule has 9 heteroatoms. The molecular formula is C9H6ClN3O4S. The van der Waals surface area contributed by atoms with E-state index in [1.54, 1.807) is 0 Å². The molecule has 0 aliphatic heterocycles. The molecule has 0 amide bonds. The minimum absolute atomic E-state index is 0.0569. The fourth-order valence-electron chi connectivity index (χ4n) is 1.23. The number of carboxylic acids is 1. The minimum Gasteiger partial charge on any atom is -0.476 e. The summed E-state index contributed by atoms with van der Waals surface area (Å²) >= 11 is 0. The topological polar surface area (TPSA) is 102 Å². The number of carboxylic acid groups (broad SMARTS) is 1. The number of aromatic carboxylic acids is 1. The number of aromatic nitrogens is 3. The van der Waals surface area contributed by atoms with Crippen molar-refractivity contribution in [2.24, 2.45) is 0 Å². The van der Waals surface area contributed by atoms with Gasteiger partial charge in [0.25, 0.3) is 9.05 Å². The third kappa shape index (κ3) is 2.49. The molecule has 0 saturated carbocycles. The maximum atomic E-state index is 11.0. The van der Waals surface area contributed by atoms with Gasteiger partial charge in [-0.1, -0.05) is 0 Å². The Kier molecular flexibility index (Phi) is 3.05. The third-order valence-electron chi connectivity index (χ3n) is 2.06. The van der Waals surface area contributed by atoms with Crippen molar-refractivity contribution in [1.82, 2.24) is 15.0 Å². The Hall–Kier alpha value is -1.93. The molecule has 94 valence electrons. The molecule has 0 saturated heterocycles. The summed E-state index contributed by atoms with van der Waals surface area (Å²) in [6, 6.07) is 5.39. The number of hydrogen-bond donors (Lipinski definition) is 1. The van der Waals surface area contributed by atoms with Crippen LogP contribution < -0.4 is 0 Å². The SMILES string of the molecule is O=C(O)c1cnn(-c2ccc(S(=O)(=O)Cl)cc2)n1. The number of halogens is 1. The van der Waals surface area contributed by atoms with E-state index in [2.05, 4.69) is 10.2 Å². The number of carbonyl (C=O) groups is 1. The van der Waals surface area contributed by atoms with Gasteiger partial charge in [-0.3, -0.25) is 0 Å². The van der Waals surface area contributed by atoms with Gasteiger partial charge in [-0.25, -0.2) is 13.2 Å². The summed E-state index contributed by atoms with van der Waals surface area (Å²) in [5, 5.41) is 16.1. The number of nitrogens with zero attached hydrogens (tertiary/aromatic N) is 3. The van der Waals surface area contributed by atoms with Crippen molar-refractivity contribution in [3.63, 3.8) is 0 Å². The van der Waals surface area contributed by atoms with Crippen LogP contribution in [-0.4, -0.2) is 34.5 Å². The van der Waals surface area contributed by atoms with Crippen molar-refractivity contribution in [3.8, 4) is 5.69 Å². The molecule has 0 unspecified atom stereocenters. The second-order valence-electron chi connectivity index (χ2n) is 3.26. The van der Waals surface area contributed by atoms with Gasteiger partial charge in [-0.15, -0.1) is 5.10 Å². The molecule has 1 heterocycles. The van der Waals surface area contributed by atoms with Crippen molar-refractivity contribution in [2.45, 2.75) is 4.90 Å². The Morgan fingerprint density at radius 2 is 1.89 bits per heavy atom. The smallest absolute Gasteiger partial charge is 0.358 e. The summed E-state index contributed by atoms with van der Waals surface area (Å²) in [5.74, 6) is -1.19. The van der Waals surface area contributed by atoms with Crippen LogP contribution in [0.4, 0.5) is 0 Å². The van der Waals surface area contributed by atoms with Crippen molar-refractivity contribution in [3.05, 3.63) is 36.2 Å². The van der Waals surface area contributed by atoms with Gasteiger partial charge in [0.05, 0.1) is 16.8 Å². The zero-order valence-corrected chi connectivity index (χ0v) is 10.3. The lowest BCUT2D eigenvalue weighted by Gasteiger charge is -2.00. The molecule has 0 spiro atoms. The summed E-state index contributed by atoms with van der Waals surface area (Å²) in [6.07, 6.45) is 1.09. The fraction of sp³-hybridized carbons (Fsp3) is 0. The van der Waals surface area contributed by atoms with E-state index in [-0.39, 0.29) is 10.6 Å². The molecule has 7 nitrogen and oxygen atoms in total. The van der Waals surface area contributed by atoms with Gasteiger partial charge in [-0.05, 0) is 24.3 Å². The standard InChI is InChI=1S/C9H6ClN3O4S/c10-18(16,17)7-3-1-6(2-4-7)13-11-5-8(12-13)9(14)15/h1-5H,(H,14,15). The molecule has 2 rings (SSSR count). The molecule has 0 atom stereocenters. The van der Waals surface area contributed by atoms with E-state index in [0.717, 1.165) is 11.0 Å². The molecule has 0 radical (unpaired) electrons. The zero-order valence-electron chi connectivity index (χ0n) is 8.69. The highest BCUT2D eigenvalue weighted by Crippen LogP contribution is 2.16. The maximum absolute atomic E-state index is 11.0. The number of rotatable bonds is 3. The van der Waals surface area contributed by atoms with E-state index < -0.39 is 15.0 Å². The van der Waals surface area contributed by atoms with E-state index >= 15 is 0 Å². The number of benzene rings is 1. The van der Waals surface area contributed by atoms with Gasteiger partial charge in [-0.2, -0.15) is 9.90 Å². The number of hydrogen-bond acceptors (Lipinski definition) is 5. The first-order valence-corrected chi connectivity index (χ1v) is 6.89. The lowest BCUT2D eigenvalue weighted by atomic mass is 10.3. The monoisotopic (exact) mass is 287 g/mol. The second-order valence-corrected chi connectivity index (χ2v) is 5.82. The molecule has 18 heavy (non-hydrogen) atoms. The highest BCUT2D eigenvalue weighted by molar-refractivity contribution is 8.13. The van der Waals surface area contributed by atoms with Crippen LogP contribution in [0.5, 0.6) is 0 Å². The van der Waals surface area contributed by atoms with Crippen molar-refractivity contribution >= 4 is 25.7 Å². The molecule has 0 aliphatic carbocycles. The average Bonchev–Trinajstić information content (AvgIpc) is 2.77. The van der Waals surface area contributed by atoms with E-state index in [1.165, 1.54) is 24.3 Å². The van der Waals surface area contributed by atoms with Gasteiger partial charge in [0.1, 0.15) is 0 Å². The van der Waals surface area contributed by atoms with Gasteiger partial charge in [0.15, 0.2) is 5.69 Å². The van der Waals surface area contributed by atoms with Crippen LogP contribution in [-0.2, 0) is 9.05 Å². The van der Waals surface area contributed by atoms with Gasteiger partial charge in [0, 0.05) is 10.7 Å². The van der Waals surface area contributed by atoms with E-state index in [9.17, 15) is 13.2 Å². The molecular weight excluding hydrogens is 282 g/mol. The van der Waals surface area contributed by atoms with E-state index in [4.69, 9.17) is 15.8 Å². The van der Waals surface area contributed by atoms with E-state index in [0.29, 0.717) is 5.69 Å². The zero-order chi connectivity index (χ0) is 13.3. The fourth-order valence-corrected chi connectivity index (χ4v) is 2.00. The Morgan fingerprint density at radius 3 is 2.33 bits per heavy atom. The largest absolute Gasteiger partial charge is 0.476 e. The van der Waals surface area contributed by atoms with Crippen LogP contribution in [0.15, 0.2) is 35.4 Å². The molecule has 2 aromatic rings. The molecule has 0 aliphatic rings. The summed E-state index contributed by atoms with van der Waals surface area (Å²) in [6.45, 7) is 0. The predicted molar refractivity (Wildman–Crippen MR) is 61.4 cm³/mol. The predicted octanol–water partition coefficient (Wildman–Crippen LogP) is 0.893. The first-order valence-electron chi connectivity index (χ1n) is 4.58. The average molecular weight is 288 g/mol. The van der Waals surface area contributed by atoms with Crippen LogP contribution >= 0.6 is 10.7 Å². The Balaban J connectivity index is 2.37. The first-order chi connectivity index (χ1) is 8.38. The summed E-state index contributed by atoms with van der Waals surface area (Å²) in [7, 11) is 1.38. The van der Waals surface area contributed by atoms with Crippen LogP contribution in [0.3, 0.4) is 0 Å². The molecule has 0 fully saturated rings. The molecule has 1 N–H and O–H groups in total. The summed E-state index contributed by atoms with van der Waals surface area (Å²) < 4.78 is 22.0. The van der Waals surface area contributed by atoms with Crippen LogP contribution in [0.25, 0.3) is 5.69 Å². The van der Waals surface area contributed by atoms with Crippen LogP contribution in [0, 0.1) is 0 Å². The first kappa shape index (κ1) is 12.5. The Labute approximate surface area is 106 Å². The Bertz CT molecular complexity index is 693. The maximum Gasteiger partial charge on any atom is 0.358 e. The normalized spacial score (nSPS) is 11.4. The van der Waals surface area contributed by atoms with Crippen LogP contribution in [0.1, 0.15) is 10.5 Å². The Morgan fingerprint density at radius 1 is 1.28 bits per heavy atom. The molecule has 1 aromatic carbocycles. The van der Waals surface area contributed by atoms with Gasteiger partial charge < -0.3 is 5.11 Å². The summed E-state index contributed by atoms with van der Waals surface area (Å²) in [4.78, 5) is 11.6. The molecule has 0 bridgehead atoms. The van der Waals surface area contributed by atoms with Crippen LogP contribution in [0.2, 0.25) is 0 Å². The highest BCUT2D eigenvalue weighted by Gasteiger charge is 2.12. The van der Waals surface area contributed by atoms with E-state index in [1.807, 2.05) is 0 Å². The lowest BCUT2D eigenvalue weighted by molar-refractivity contribution is 0.0690. The van der Waals surface area contributed by atoms with Crippen molar-refractivity contribution < 1.29 is 18.3 Å².